The van der Waals surface area contributed by atoms with E-state index in [1.54, 1.807) is 48.5 Å². The van der Waals surface area contributed by atoms with E-state index in [4.69, 9.17) is 0 Å². The van der Waals surface area contributed by atoms with Gasteiger partial charge in [0.1, 0.15) is 0 Å². The van der Waals surface area contributed by atoms with E-state index in [-0.39, 0.29) is 36.6 Å². The van der Waals surface area contributed by atoms with Gasteiger partial charge in [-0.15, -0.1) is 0 Å². The molecule has 0 fully saturated rings. The summed E-state index contributed by atoms with van der Waals surface area (Å²) in [5.74, 6) is -0.899. The van der Waals surface area contributed by atoms with Gasteiger partial charge in [-0.05, 0) is 36.4 Å². The van der Waals surface area contributed by atoms with E-state index >= 15 is 0 Å². The van der Waals surface area contributed by atoms with Crippen LogP contribution in [0.25, 0.3) is 0 Å². The number of nitrogens with one attached hydrogen (secondary N) is 3. The van der Waals surface area contributed by atoms with Gasteiger partial charge in [0.15, 0.2) is 0 Å². The van der Waals surface area contributed by atoms with Crippen LogP contribution in [-0.2, 0) is 19.2 Å². The van der Waals surface area contributed by atoms with Crippen molar-refractivity contribution in [1.82, 2.24) is 0 Å². The van der Waals surface area contributed by atoms with Crippen molar-refractivity contribution in [2.45, 2.75) is 27.2 Å². The molecule has 0 spiro atoms. The summed E-state index contributed by atoms with van der Waals surface area (Å²) in [5, 5.41) is 8.07. The molecule has 0 bridgehead atoms. The largest absolute Gasteiger partial charge is 0.326 e. The molecule has 0 aromatic heterocycles. The first-order valence-electron chi connectivity index (χ1n) is 9.08. The third-order valence-electron chi connectivity index (χ3n) is 3.89. The average Bonchev–Trinajstić information content (AvgIpc) is 2.61. The Morgan fingerprint density at radius 2 is 1.28 bits per heavy atom. The highest BCUT2D eigenvalue weighted by Gasteiger charge is 2.14. The van der Waals surface area contributed by atoms with Crippen LogP contribution in [0.1, 0.15) is 27.2 Å². The molecule has 0 saturated heterocycles. The lowest BCUT2D eigenvalue weighted by Gasteiger charge is -2.21. The molecule has 0 radical (unpaired) electrons. The van der Waals surface area contributed by atoms with Crippen LogP contribution in [0.2, 0.25) is 0 Å². The van der Waals surface area contributed by atoms with Crippen molar-refractivity contribution in [3.05, 3.63) is 48.5 Å². The molecule has 0 saturated carbocycles. The topological polar surface area (TPSA) is 108 Å². The Labute approximate surface area is 169 Å². The lowest BCUT2D eigenvalue weighted by atomic mass is 10.2. The van der Waals surface area contributed by atoms with E-state index in [1.165, 1.54) is 25.7 Å². The van der Waals surface area contributed by atoms with Crippen molar-refractivity contribution in [2.24, 2.45) is 0 Å². The fraction of sp³-hybridized carbons (Fsp3) is 0.238. The molecule has 29 heavy (non-hydrogen) atoms. The molecule has 152 valence electrons. The van der Waals surface area contributed by atoms with Crippen molar-refractivity contribution in [1.29, 1.82) is 0 Å². The predicted molar refractivity (Wildman–Crippen MR) is 113 cm³/mol. The van der Waals surface area contributed by atoms with Gasteiger partial charge in [0, 0.05) is 56.5 Å². The molecule has 0 atom stereocenters. The molecule has 2 aromatic carbocycles. The molecular formula is C21H24N4O4. The van der Waals surface area contributed by atoms with Crippen molar-refractivity contribution in [3.63, 3.8) is 0 Å². The minimum atomic E-state index is -0.269. The van der Waals surface area contributed by atoms with Crippen molar-refractivity contribution in [3.8, 4) is 0 Å². The maximum atomic E-state index is 12.3. The van der Waals surface area contributed by atoms with Gasteiger partial charge in [0.25, 0.3) is 0 Å². The molecule has 2 aromatic rings. The normalized spacial score (nSPS) is 10.0. The molecule has 0 aliphatic carbocycles. The van der Waals surface area contributed by atoms with Crippen LogP contribution in [0.15, 0.2) is 48.5 Å². The quantitative estimate of drug-likeness (QED) is 0.669. The van der Waals surface area contributed by atoms with Crippen LogP contribution in [0.4, 0.5) is 22.7 Å². The predicted octanol–water partition coefficient (Wildman–Crippen LogP) is 2.99. The number of benzene rings is 2. The van der Waals surface area contributed by atoms with Gasteiger partial charge in [0.05, 0.1) is 0 Å². The molecule has 0 unspecified atom stereocenters. The van der Waals surface area contributed by atoms with Gasteiger partial charge >= 0.3 is 0 Å². The van der Waals surface area contributed by atoms with Gasteiger partial charge in [-0.2, -0.15) is 0 Å². The molecule has 0 aliphatic rings. The van der Waals surface area contributed by atoms with Crippen LogP contribution >= 0.6 is 0 Å². The SMILES string of the molecule is CC(=O)Nc1cccc(NC(=O)CCN(C(C)=O)c2cccc(NC(C)=O)c2)c1. The summed E-state index contributed by atoms with van der Waals surface area (Å²) in [5.41, 5.74) is 2.28. The Morgan fingerprint density at radius 3 is 1.83 bits per heavy atom. The number of anilines is 4. The number of hydrogen-bond donors (Lipinski definition) is 3. The Morgan fingerprint density at radius 1 is 0.759 bits per heavy atom. The highest BCUT2D eigenvalue weighted by molar-refractivity contribution is 5.96. The maximum absolute atomic E-state index is 12.3. The third-order valence-corrected chi connectivity index (χ3v) is 3.89. The van der Waals surface area contributed by atoms with E-state index < -0.39 is 0 Å². The average molecular weight is 396 g/mol. The minimum absolute atomic E-state index is 0.0777. The van der Waals surface area contributed by atoms with Gasteiger partial charge in [-0.1, -0.05) is 12.1 Å². The number of hydrogen-bond acceptors (Lipinski definition) is 4. The van der Waals surface area contributed by atoms with E-state index in [0.717, 1.165) is 0 Å². The van der Waals surface area contributed by atoms with Gasteiger partial charge in [0.2, 0.25) is 23.6 Å². The first-order valence-corrected chi connectivity index (χ1v) is 9.08. The minimum Gasteiger partial charge on any atom is -0.326 e. The summed E-state index contributed by atoms with van der Waals surface area (Å²) in [6.45, 7) is 4.40. The van der Waals surface area contributed by atoms with E-state index in [2.05, 4.69) is 16.0 Å². The van der Waals surface area contributed by atoms with Gasteiger partial charge < -0.3 is 20.9 Å². The monoisotopic (exact) mass is 396 g/mol. The van der Waals surface area contributed by atoms with E-state index in [0.29, 0.717) is 22.7 Å². The second-order valence-corrected chi connectivity index (χ2v) is 6.46. The zero-order valence-electron chi connectivity index (χ0n) is 16.6. The second-order valence-electron chi connectivity index (χ2n) is 6.46. The molecule has 8 nitrogen and oxygen atoms in total. The maximum Gasteiger partial charge on any atom is 0.226 e. The summed E-state index contributed by atoms with van der Waals surface area (Å²) in [6.07, 6.45) is 0.0777. The number of carbonyl (C=O) groups excluding carboxylic acids is 4. The first-order chi connectivity index (χ1) is 13.7. The molecule has 3 N–H and O–H groups in total. The highest BCUT2D eigenvalue weighted by Crippen LogP contribution is 2.21. The summed E-state index contributed by atoms with van der Waals surface area (Å²) in [4.78, 5) is 48.2. The first kappa shape index (κ1) is 21.6. The third kappa shape index (κ3) is 7.10. The molecule has 0 heterocycles. The Balaban J connectivity index is 2.02. The van der Waals surface area contributed by atoms with E-state index in [9.17, 15) is 19.2 Å². The summed E-state index contributed by atoms with van der Waals surface area (Å²) < 4.78 is 0. The van der Waals surface area contributed by atoms with Gasteiger partial charge in [-0.25, -0.2) is 0 Å². The Kier molecular flexibility index (Phi) is 7.47. The zero-order valence-corrected chi connectivity index (χ0v) is 16.6. The summed E-state index contributed by atoms with van der Waals surface area (Å²) in [6, 6.07) is 13.7. The molecule has 2 rings (SSSR count). The highest BCUT2D eigenvalue weighted by atomic mass is 16.2. The second kappa shape index (κ2) is 10.0. The summed E-state index contributed by atoms with van der Waals surface area (Å²) in [7, 11) is 0. The van der Waals surface area contributed by atoms with Crippen molar-refractivity contribution >= 4 is 46.4 Å². The molecule has 0 aliphatic heterocycles. The fourth-order valence-electron chi connectivity index (χ4n) is 2.74. The number of rotatable bonds is 7. The van der Waals surface area contributed by atoms with Crippen LogP contribution in [0.5, 0.6) is 0 Å². The smallest absolute Gasteiger partial charge is 0.226 e. The van der Waals surface area contributed by atoms with Crippen molar-refractivity contribution < 1.29 is 19.2 Å². The Bertz CT molecular complexity index is 926. The number of amides is 4. The lowest BCUT2D eigenvalue weighted by Crippen LogP contribution is -2.32. The summed E-state index contributed by atoms with van der Waals surface area (Å²) >= 11 is 0. The zero-order chi connectivity index (χ0) is 21.4. The number of carbonyl (C=O) groups is 4. The molecule has 4 amide bonds. The Hall–Kier alpha value is -3.68. The van der Waals surface area contributed by atoms with Crippen LogP contribution in [0.3, 0.4) is 0 Å². The molecular weight excluding hydrogens is 372 g/mol. The van der Waals surface area contributed by atoms with Crippen LogP contribution in [0, 0.1) is 0 Å². The van der Waals surface area contributed by atoms with E-state index in [1.807, 2.05) is 0 Å². The van der Waals surface area contributed by atoms with Gasteiger partial charge in [-0.3, -0.25) is 19.2 Å². The fourth-order valence-corrected chi connectivity index (χ4v) is 2.74. The number of nitrogens with zero attached hydrogens (tertiary/aromatic N) is 1. The standard InChI is InChI=1S/C21H24N4O4/c1-14(26)22-17-6-4-7-18(12-17)24-21(29)10-11-25(16(3)28)20-9-5-8-19(13-20)23-15(2)27/h4-9,12-13H,10-11H2,1-3H3,(H,22,26)(H,23,27)(H,24,29). The van der Waals surface area contributed by atoms with Crippen molar-refractivity contribution in [2.75, 3.05) is 27.4 Å². The lowest BCUT2D eigenvalue weighted by molar-refractivity contribution is -0.117. The van der Waals surface area contributed by atoms with Crippen LogP contribution < -0.4 is 20.9 Å². The van der Waals surface area contributed by atoms with Crippen LogP contribution in [-0.4, -0.2) is 30.2 Å². The molecule has 8 heteroatoms.